The molecule has 0 bridgehead atoms. The van der Waals surface area contributed by atoms with Crippen molar-refractivity contribution in [1.82, 2.24) is 20.4 Å². The molecule has 8 nitrogen and oxygen atoms in total. The van der Waals surface area contributed by atoms with Crippen molar-refractivity contribution < 1.29 is 4.74 Å². The molecule has 0 amide bonds. The van der Waals surface area contributed by atoms with Gasteiger partial charge in [0.1, 0.15) is 23.2 Å². The molecule has 0 spiro atoms. The van der Waals surface area contributed by atoms with Crippen LogP contribution in [0.3, 0.4) is 0 Å². The first-order chi connectivity index (χ1) is 15.7. The van der Waals surface area contributed by atoms with Gasteiger partial charge in [-0.25, -0.2) is 9.67 Å². The molecule has 0 atom stereocenters. The first-order valence-corrected chi connectivity index (χ1v) is 10.6. The first kappa shape index (κ1) is 22.7. The molecule has 0 aliphatic heterocycles. The van der Waals surface area contributed by atoms with Gasteiger partial charge in [-0.15, -0.1) is 0 Å². The highest BCUT2D eigenvalue weighted by molar-refractivity contribution is 5.79. The Morgan fingerprint density at radius 2 is 1.91 bits per heavy atom. The van der Waals surface area contributed by atoms with Crippen LogP contribution in [-0.4, -0.2) is 35.9 Å². The fourth-order valence-corrected chi connectivity index (χ4v) is 3.25. The van der Waals surface area contributed by atoms with Gasteiger partial charge in [-0.05, 0) is 49.6 Å². The minimum atomic E-state index is 0.371. The van der Waals surface area contributed by atoms with Gasteiger partial charge in [0.25, 0.3) is 0 Å². The van der Waals surface area contributed by atoms with Crippen molar-refractivity contribution in [1.29, 1.82) is 5.26 Å². The van der Waals surface area contributed by atoms with E-state index in [1.54, 1.807) is 11.8 Å². The second kappa shape index (κ2) is 11.4. The Bertz CT molecular complexity index is 1070. The SMILES string of the molecule is CCNC(=NCc1ccc(OC)cc1)NCCCc1nn(-c2ccccc2)c(N)c1C#N. The van der Waals surface area contributed by atoms with Crippen molar-refractivity contribution in [2.24, 2.45) is 4.99 Å². The number of aliphatic imine (C=N–C) groups is 1. The number of aryl methyl sites for hydroxylation is 1. The topological polar surface area (TPSA) is 113 Å². The first-order valence-electron chi connectivity index (χ1n) is 10.6. The average molecular weight is 432 g/mol. The number of guanidine groups is 1. The monoisotopic (exact) mass is 431 g/mol. The molecule has 0 saturated carbocycles. The molecular formula is C24H29N7O. The highest BCUT2D eigenvalue weighted by Gasteiger charge is 2.16. The second-order valence-electron chi connectivity index (χ2n) is 7.14. The fourth-order valence-electron chi connectivity index (χ4n) is 3.25. The number of ether oxygens (including phenoxy) is 1. The van der Waals surface area contributed by atoms with Crippen LogP contribution in [0.2, 0.25) is 0 Å². The minimum Gasteiger partial charge on any atom is -0.497 e. The van der Waals surface area contributed by atoms with E-state index >= 15 is 0 Å². The molecule has 0 fully saturated rings. The third kappa shape index (κ3) is 5.79. The molecule has 1 heterocycles. The Morgan fingerprint density at radius 1 is 1.16 bits per heavy atom. The summed E-state index contributed by atoms with van der Waals surface area (Å²) in [5.74, 6) is 1.95. The summed E-state index contributed by atoms with van der Waals surface area (Å²) in [5, 5.41) is 20.7. The highest BCUT2D eigenvalue weighted by Crippen LogP contribution is 2.21. The quantitative estimate of drug-likeness (QED) is 0.273. The van der Waals surface area contributed by atoms with E-state index in [0.29, 0.717) is 36.6 Å². The van der Waals surface area contributed by atoms with Crippen molar-refractivity contribution in [3.63, 3.8) is 0 Å². The predicted octanol–water partition coefficient (Wildman–Crippen LogP) is 3.02. The molecule has 0 radical (unpaired) electrons. The van der Waals surface area contributed by atoms with Gasteiger partial charge in [-0.2, -0.15) is 10.4 Å². The molecule has 1 aromatic heterocycles. The number of nitriles is 1. The number of benzene rings is 2. The predicted molar refractivity (Wildman–Crippen MR) is 127 cm³/mol. The van der Waals surface area contributed by atoms with Crippen molar-refractivity contribution in [3.05, 3.63) is 71.4 Å². The molecule has 3 rings (SSSR count). The van der Waals surface area contributed by atoms with Gasteiger partial charge < -0.3 is 21.1 Å². The normalized spacial score (nSPS) is 11.1. The molecule has 0 aliphatic carbocycles. The van der Waals surface area contributed by atoms with Crippen LogP contribution in [0.4, 0.5) is 5.82 Å². The van der Waals surface area contributed by atoms with Gasteiger partial charge in [-0.3, -0.25) is 0 Å². The molecule has 0 saturated heterocycles. The number of nitrogens with two attached hydrogens (primary N) is 1. The zero-order valence-corrected chi connectivity index (χ0v) is 18.5. The Labute approximate surface area is 188 Å². The summed E-state index contributed by atoms with van der Waals surface area (Å²) in [5.41, 5.74) is 9.26. The third-order valence-corrected chi connectivity index (χ3v) is 4.91. The van der Waals surface area contributed by atoms with Crippen molar-refractivity contribution >= 4 is 11.8 Å². The Balaban J connectivity index is 1.58. The van der Waals surface area contributed by atoms with Crippen LogP contribution in [0.5, 0.6) is 5.75 Å². The van der Waals surface area contributed by atoms with E-state index < -0.39 is 0 Å². The molecule has 2 aromatic carbocycles. The van der Waals surface area contributed by atoms with Gasteiger partial charge in [0, 0.05) is 13.1 Å². The molecule has 4 N–H and O–H groups in total. The van der Waals surface area contributed by atoms with Crippen molar-refractivity contribution in [3.8, 4) is 17.5 Å². The third-order valence-electron chi connectivity index (χ3n) is 4.91. The molecule has 8 heteroatoms. The molecule has 0 unspecified atom stereocenters. The van der Waals surface area contributed by atoms with Crippen LogP contribution in [-0.2, 0) is 13.0 Å². The largest absolute Gasteiger partial charge is 0.497 e. The van der Waals surface area contributed by atoms with E-state index in [1.165, 1.54) is 0 Å². The number of nitrogens with one attached hydrogen (secondary N) is 2. The number of hydrogen-bond donors (Lipinski definition) is 3. The van der Waals surface area contributed by atoms with Crippen molar-refractivity contribution in [2.45, 2.75) is 26.3 Å². The zero-order valence-electron chi connectivity index (χ0n) is 18.5. The van der Waals surface area contributed by atoms with E-state index in [-0.39, 0.29) is 0 Å². The molecule has 0 aliphatic rings. The maximum absolute atomic E-state index is 9.55. The number of rotatable bonds is 9. The van der Waals surface area contributed by atoms with Crippen LogP contribution in [0.25, 0.3) is 5.69 Å². The van der Waals surface area contributed by atoms with Crippen LogP contribution >= 0.6 is 0 Å². The van der Waals surface area contributed by atoms with E-state index in [9.17, 15) is 5.26 Å². The summed E-state index contributed by atoms with van der Waals surface area (Å²) in [7, 11) is 1.65. The molecule has 3 aromatic rings. The highest BCUT2D eigenvalue weighted by atomic mass is 16.5. The van der Waals surface area contributed by atoms with Gasteiger partial charge in [-0.1, -0.05) is 30.3 Å². The average Bonchev–Trinajstić information content (AvgIpc) is 3.16. The summed E-state index contributed by atoms with van der Waals surface area (Å²) < 4.78 is 6.82. The number of anilines is 1. The van der Waals surface area contributed by atoms with Crippen LogP contribution in [0.15, 0.2) is 59.6 Å². The lowest BCUT2D eigenvalue weighted by Crippen LogP contribution is -2.37. The zero-order chi connectivity index (χ0) is 22.8. The summed E-state index contributed by atoms with van der Waals surface area (Å²) in [6, 6.07) is 19.7. The number of methoxy groups -OCH3 is 1. The lowest BCUT2D eigenvalue weighted by molar-refractivity contribution is 0.414. The minimum absolute atomic E-state index is 0.371. The summed E-state index contributed by atoms with van der Waals surface area (Å²) in [4.78, 5) is 4.64. The van der Waals surface area contributed by atoms with Gasteiger partial charge in [0.05, 0.1) is 25.0 Å². The van der Waals surface area contributed by atoms with Gasteiger partial charge >= 0.3 is 0 Å². The maximum Gasteiger partial charge on any atom is 0.191 e. The standard InChI is InChI=1S/C24H29N7O/c1-3-27-24(29-17-18-11-13-20(32-2)14-12-18)28-15-7-10-22-21(16-25)23(26)31(30-22)19-8-5-4-6-9-19/h4-6,8-9,11-14H,3,7,10,15,17,26H2,1-2H3,(H2,27,28,29). The van der Waals surface area contributed by atoms with Gasteiger partial charge in [0.2, 0.25) is 0 Å². The van der Waals surface area contributed by atoms with Gasteiger partial charge in [0.15, 0.2) is 5.96 Å². The number of para-hydroxylation sites is 1. The van der Waals surface area contributed by atoms with Crippen LogP contribution in [0, 0.1) is 11.3 Å². The summed E-state index contributed by atoms with van der Waals surface area (Å²) in [6.07, 6.45) is 1.42. The Hall–Kier alpha value is -3.99. The number of nitrogens with zero attached hydrogens (tertiary/aromatic N) is 4. The number of aromatic nitrogens is 2. The smallest absolute Gasteiger partial charge is 0.191 e. The van der Waals surface area contributed by atoms with E-state index in [2.05, 4.69) is 26.8 Å². The number of nitrogen functional groups attached to an aromatic ring is 1. The maximum atomic E-state index is 9.55. The lowest BCUT2D eigenvalue weighted by atomic mass is 10.1. The fraction of sp³-hybridized carbons (Fsp3) is 0.292. The molecule has 32 heavy (non-hydrogen) atoms. The van der Waals surface area contributed by atoms with E-state index in [4.69, 9.17) is 10.5 Å². The molecule has 166 valence electrons. The Kier molecular flexibility index (Phi) is 8.09. The summed E-state index contributed by atoms with van der Waals surface area (Å²) in [6.45, 7) is 4.06. The van der Waals surface area contributed by atoms with Crippen LogP contribution < -0.4 is 21.1 Å². The second-order valence-corrected chi connectivity index (χ2v) is 7.14. The lowest BCUT2D eigenvalue weighted by Gasteiger charge is -2.11. The van der Waals surface area contributed by atoms with E-state index in [1.807, 2.05) is 61.5 Å². The van der Waals surface area contributed by atoms with Crippen LogP contribution in [0.1, 0.15) is 30.2 Å². The number of hydrogen-bond acceptors (Lipinski definition) is 5. The molecular weight excluding hydrogens is 402 g/mol. The summed E-state index contributed by atoms with van der Waals surface area (Å²) >= 11 is 0. The van der Waals surface area contributed by atoms with Crippen molar-refractivity contribution in [2.75, 3.05) is 25.9 Å². The Morgan fingerprint density at radius 3 is 2.56 bits per heavy atom. The van der Waals surface area contributed by atoms with E-state index in [0.717, 1.165) is 35.9 Å².